The van der Waals surface area contributed by atoms with Crippen molar-refractivity contribution in [2.45, 2.75) is 37.6 Å². The van der Waals surface area contributed by atoms with Crippen LogP contribution in [0, 0.1) is 0 Å². The molecule has 0 spiro atoms. The molecule has 3 nitrogen and oxygen atoms in total. The highest BCUT2D eigenvalue weighted by atomic mass is 16.3. The van der Waals surface area contributed by atoms with Crippen molar-refractivity contribution in [1.82, 2.24) is 4.98 Å². The zero-order chi connectivity index (χ0) is 8.82. The Kier molecular flexibility index (Phi) is 1.37. The molecule has 3 heteroatoms. The lowest BCUT2D eigenvalue weighted by molar-refractivity contribution is 0.328. The summed E-state index contributed by atoms with van der Waals surface area (Å²) < 4.78 is 5.30. The van der Waals surface area contributed by atoms with Gasteiger partial charge >= 0.3 is 0 Å². The van der Waals surface area contributed by atoms with Crippen LogP contribution in [0.1, 0.15) is 32.4 Å². The molecule has 1 aromatic heterocycles. The van der Waals surface area contributed by atoms with E-state index in [1.807, 2.05) is 13.8 Å². The van der Waals surface area contributed by atoms with Gasteiger partial charge in [0.05, 0.1) is 6.20 Å². The van der Waals surface area contributed by atoms with Crippen molar-refractivity contribution in [2.75, 3.05) is 0 Å². The van der Waals surface area contributed by atoms with Crippen LogP contribution in [0.25, 0.3) is 0 Å². The van der Waals surface area contributed by atoms with E-state index in [0.29, 0.717) is 0 Å². The van der Waals surface area contributed by atoms with E-state index in [0.717, 1.165) is 18.6 Å². The van der Waals surface area contributed by atoms with E-state index in [1.165, 1.54) is 6.39 Å². The van der Waals surface area contributed by atoms with Crippen LogP contribution in [0.15, 0.2) is 17.0 Å². The van der Waals surface area contributed by atoms with E-state index >= 15 is 0 Å². The Morgan fingerprint density at radius 3 is 2.58 bits per heavy atom. The van der Waals surface area contributed by atoms with Gasteiger partial charge in [-0.15, -0.1) is 0 Å². The van der Waals surface area contributed by atoms with E-state index in [9.17, 15) is 0 Å². The molecule has 0 unspecified atom stereocenters. The molecule has 2 rings (SSSR count). The molecule has 12 heavy (non-hydrogen) atoms. The standard InChI is InChI=1S/C9H14N2O/c1-8(2,10)9(3-4-9)7-5-11-6-12-7/h5-6H,3-4,10H2,1-2H3. The fourth-order valence-corrected chi connectivity index (χ4v) is 1.79. The fourth-order valence-electron chi connectivity index (χ4n) is 1.79. The molecule has 0 amide bonds. The minimum Gasteiger partial charge on any atom is -0.448 e. The number of oxazole rings is 1. The summed E-state index contributed by atoms with van der Waals surface area (Å²) in [7, 11) is 0. The summed E-state index contributed by atoms with van der Waals surface area (Å²) in [5, 5.41) is 0. The Morgan fingerprint density at radius 1 is 1.58 bits per heavy atom. The van der Waals surface area contributed by atoms with Crippen LogP contribution in [-0.4, -0.2) is 10.5 Å². The second-order valence-electron chi connectivity index (χ2n) is 4.17. The molecule has 0 atom stereocenters. The zero-order valence-electron chi connectivity index (χ0n) is 7.50. The third-order valence-electron chi connectivity index (χ3n) is 2.89. The van der Waals surface area contributed by atoms with Crippen molar-refractivity contribution in [1.29, 1.82) is 0 Å². The van der Waals surface area contributed by atoms with Crippen LogP contribution >= 0.6 is 0 Å². The summed E-state index contributed by atoms with van der Waals surface area (Å²) in [6.07, 6.45) is 5.49. The third-order valence-corrected chi connectivity index (χ3v) is 2.89. The summed E-state index contributed by atoms with van der Waals surface area (Å²) >= 11 is 0. The number of nitrogens with two attached hydrogens (primary N) is 1. The van der Waals surface area contributed by atoms with Crippen LogP contribution in [0.4, 0.5) is 0 Å². The van der Waals surface area contributed by atoms with Gasteiger partial charge in [-0.1, -0.05) is 0 Å². The lowest BCUT2D eigenvalue weighted by Crippen LogP contribution is -2.45. The summed E-state index contributed by atoms with van der Waals surface area (Å²) in [6, 6.07) is 0. The smallest absolute Gasteiger partial charge is 0.180 e. The van der Waals surface area contributed by atoms with Crippen molar-refractivity contribution >= 4 is 0 Å². The molecule has 1 aliphatic rings. The Balaban J connectivity index is 2.35. The average molecular weight is 166 g/mol. The average Bonchev–Trinajstić information content (AvgIpc) is 2.61. The first-order chi connectivity index (χ1) is 5.56. The quantitative estimate of drug-likeness (QED) is 0.723. The minimum absolute atomic E-state index is 0.0590. The van der Waals surface area contributed by atoms with Gasteiger partial charge in [-0.05, 0) is 26.7 Å². The van der Waals surface area contributed by atoms with Gasteiger partial charge in [0.2, 0.25) is 0 Å². The van der Waals surface area contributed by atoms with Crippen LogP contribution < -0.4 is 5.73 Å². The van der Waals surface area contributed by atoms with E-state index < -0.39 is 0 Å². The largest absolute Gasteiger partial charge is 0.448 e. The van der Waals surface area contributed by atoms with Crippen LogP contribution in [0.5, 0.6) is 0 Å². The lowest BCUT2D eigenvalue weighted by atomic mass is 9.83. The molecule has 0 aromatic carbocycles. The maximum atomic E-state index is 6.08. The predicted molar refractivity (Wildman–Crippen MR) is 45.7 cm³/mol. The zero-order valence-corrected chi connectivity index (χ0v) is 7.50. The molecule has 66 valence electrons. The fraction of sp³-hybridized carbons (Fsp3) is 0.667. The minimum atomic E-state index is -0.202. The second kappa shape index (κ2) is 2.10. The highest BCUT2D eigenvalue weighted by Gasteiger charge is 2.56. The van der Waals surface area contributed by atoms with Gasteiger partial charge in [-0.25, -0.2) is 4.98 Å². The maximum Gasteiger partial charge on any atom is 0.180 e. The molecule has 1 heterocycles. The summed E-state index contributed by atoms with van der Waals surface area (Å²) in [6.45, 7) is 4.09. The SMILES string of the molecule is CC(C)(N)C1(c2cnco2)CC1. The van der Waals surface area contributed by atoms with E-state index in [-0.39, 0.29) is 11.0 Å². The molecule has 1 aromatic rings. The topological polar surface area (TPSA) is 52.0 Å². The molecule has 0 saturated heterocycles. The first-order valence-corrected chi connectivity index (χ1v) is 4.24. The van der Waals surface area contributed by atoms with Crippen molar-refractivity contribution in [3.8, 4) is 0 Å². The van der Waals surface area contributed by atoms with Crippen LogP contribution in [-0.2, 0) is 5.41 Å². The highest BCUT2D eigenvalue weighted by molar-refractivity contribution is 5.27. The number of nitrogens with zero attached hydrogens (tertiary/aromatic N) is 1. The van der Waals surface area contributed by atoms with Crippen molar-refractivity contribution < 1.29 is 4.42 Å². The van der Waals surface area contributed by atoms with Gasteiger partial charge < -0.3 is 10.2 Å². The molecule has 0 bridgehead atoms. The molecular weight excluding hydrogens is 152 g/mol. The molecule has 2 N–H and O–H groups in total. The first-order valence-electron chi connectivity index (χ1n) is 4.24. The van der Waals surface area contributed by atoms with Gasteiger partial charge in [-0.3, -0.25) is 0 Å². The van der Waals surface area contributed by atoms with Crippen LogP contribution in [0.3, 0.4) is 0 Å². The molecular formula is C9H14N2O. The number of hydrogen-bond donors (Lipinski definition) is 1. The Bertz CT molecular complexity index is 267. The maximum absolute atomic E-state index is 6.08. The highest BCUT2D eigenvalue weighted by Crippen LogP contribution is 2.54. The number of hydrogen-bond acceptors (Lipinski definition) is 3. The molecule has 1 fully saturated rings. The van der Waals surface area contributed by atoms with Gasteiger partial charge in [0, 0.05) is 11.0 Å². The van der Waals surface area contributed by atoms with Crippen molar-refractivity contribution in [2.24, 2.45) is 5.73 Å². The van der Waals surface area contributed by atoms with Gasteiger partial charge in [-0.2, -0.15) is 0 Å². The normalized spacial score (nSPS) is 20.9. The van der Waals surface area contributed by atoms with Crippen molar-refractivity contribution in [3.05, 3.63) is 18.4 Å². The Morgan fingerprint density at radius 2 is 2.25 bits per heavy atom. The van der Waals surface area contributed by atoms with E-state index in [2.05, 4.69) is 4.98 Å². The molecule has 0 radical (unpaired) electrons. The van der Waals surface area contributed by atoms with E-state index in [1.54, 1.807) is 6.20 Å². The van der Waals surface area contributed by atoms with Gasteiger partial charge in [0.25, 0.3) is 0 Å². The van der Waals surface area contributed by atoms with Crippen LogP contribution in [0.2, 0.25) is 0 Å². The molecule has 0 aliphatic heterocycles. The third kappa shape index (κ3) is 0.894. The Hall–Kier alpha value is -0.830. The number of aromatic nitrogens is 1. The monoisotopic (exact) mass is 166 g/mol. The summed E-state index contributed by atoms with van der Waals surface area (Å²) in [4.78, 5) is 3.92. The number of rotatable bonds is 2. The molecule has 1 aliphatic carbocycles. The van der Waals surface area contributed by atoms with Gasteiger partial charge in [0.15, 0.2) is 6.39 Å². The molecule has 1 saturated carbocycles. The predicted octanol–water partition coefficient (Wildman–Crippen LogP) is 1.44. The summed E-state index contributed by atoms with van der Waals surface area (Å²) in [5.74, 6) is 0.940. The first kappa shape index (κ1) is 7.80. The Labute approximate surface area is 72.0 Å². The lowest BCUT2D eigenvalue weighted by Gasteiger charge is -2.28. The van der Waals surface area contributed by atoms with Gasteiger partial charge in [0.1, 0.15) is 5.76 Å². The van der Waals surface area contributed by atoms with E-state index in [4.69, 9.17) is 10.2 Å². The second-order valence-corrected chi connectivity index (χ2v) is 4.17. The summed E-state index contributed by atoms with van der Waals surface area (Å²) in [5.41, 5.74) is 5.94. The van der Waals surface area contributed by atoms with Crippen molar-refractivity contribution in [3.63, 3.8) is 0 Å².